The molecule has 0 aromatic heterocycles. The third-order valence-electron chi connectivity index (χ3n) is 3.17. The van der Waals surface area contributed by atoms with Crippen LogP contribution >= 0.6 is 0 Å². The predicted molar refractivity (Wildman–Crippen MR) is 60.6 cm³/mol. The lowest BCUT2D eigenvalue weighted by atomic mass is 9.93. The number of nitrogens with one attached hydrogen (secondary N) is 1. The highest BCUT2D eigenvalue weighted by atomic mass is 16.6. The minimum absolute atomic E-state index is 0.00839. The maximum Gasteiger partial charge on any atom is 0.408 e. The molecule has 1 fully saturated rings. The highest BCUT2D eigenvalue weighted by Gasteiger charge is 2.47. The van der Waals surface area contributed by atoms with Crippen molar-refractivity contribution < 1.29 is 19.5 Å². The van der Waals surface area contributed by atoms with Gasteiger partial charge in [0.2, 0.25) is 0 Å². The number of carbonyl (C=O) groups excluding carboxylic acids is 1. The van der Waals surface area contributed by atoms with E-state index in [1.54, 1.807) is 18.2 Å². The van der Waals surface area contributed by atoms with Gasteiger partial charge in [-0.15, -0.1) is 0 Å². The Morgan fingerprint density at radius 1 is 1.44 bits per heavy atom. The van der Waals surface area contributed by atoms with Crippen LogP contribution in [0.15, 0.2) is 23.4 Å². The third-order valence-corrected chi connectivity index (χ3v) is 3.17. The molecule has 1 amide bonds. The van der Waals surface area contributed by atoms with Gasteiger partial charge in [0.05, 0.1) is 0 Å². The van der Waals surface area contributed by atoms with Crippen LogP contribution in [-0.4, -0.2) is 30.3 Å². The number of amides is 1. The molecule has 2 aliphatic heterocycles. The van der Waals surface area contributed by atoms with E-state index in [-0.39, 0.29) is 12.4 Å². The van der Waals surface area contributed by atoms with Gasteiger partial charge in [-0.05, 0) is 6.07 Å². The molecule has 1 spiro atoms. The van der Waals surface area contributed by atoms with Gasteiger partial charge >= 0.3 is 6.09 Å². The van der Waals surface area contributed by atoms with Crippen molar-refractivity contribution in [3.8, 4) is 5.75 Å². The van der Waals surface area contributed by atoms with Crippen LogP contribution in [0.3, 0.4) is 0 Å². The van der Waals surface area contributed by atoms with Crippen LogP contribution in [0, 0.1) is 0 Å². The molecule has 94 valence electrons. The van der Waals surface area contributed by atoms with Crippen LogP contribution in [0.1, 0.15) is 11.1 Å². The Morgan fingerprint density at radius 2 is 2.22 bits per heavy atom. The number of amidine groups is 1. The van der Waals surface area contributed by atoms with E-state index in [0.717, 1.165) is 5.56 Å². The van der Waals surface area contributed by atoms with E-state index in [2.05, 4.69) is 10.5 Å². The second kappa shape index (κ2) is 3.52. The maximum atomic E-state index is 11.2. The van der Waals surface area contributed by atoms with Gasteiger partial charge < -0.3 is 25.7 Å². The molecule has 18 heavy (non-hydrogen) atoms. The monoisotopic (exact) mass is 249 g/mol. The van der Waals surface area contributed by atoms with E-state index in [0.29, 0.717) is 17.9 Å². The van der Waals surface area contributed by atoms with Gasteiger partial charge in [-0.1, -0.05) is 17.3 Å². The SMILES string of the molecule is NC(=NO)c1ccc2c(c1)OCC21COC(=O)N1. The van der Waals surface area contributed by atoms with Crippen molar-refractivity contribution in [1.29, 1.82) is 0 Å². The van der Waals surface area contributed by atoms with Crippen LogP contribution in [-0.2, 0) is 10.3 Å². The summed E-state index contributed by atoms with van der Waals surface area (Å²) in [6.45, 7) is 0.551. The lowest BCUT2D eigenvalue weighted by Gasteiger charge is -2.18. The normalized spacial score (nSPS) is 25.6. The van der Waals surface area contributed by atoms with E-state index in [4.69, 9.17) is 20.4 Å². The van der Waals surface area contributed by atoms with Crippen molar-refractivity contribution in [3.63, 3.8) is 0 Å². The van der Waals surface area contributed by atoms with E-state index in [1.807, 2.05) is 0 Å². The number of fused-ring (bicyclic) bond motifs is 2. The van der Waals surface area contributed by atoms with Crippen molar-refractivity contribution in [3.05, 3.63) is 29.3 Å². The molecule has 1 aromatic carbocycles. The average Bonchev–Trinajstić information content (AvgIpc) is 2.94. The second-order valence-electron chi connectivity index (χ2n) is 4.27. The number of hydrogen-bond donors (Lipinski definition) is 3. The summed E-state index contributed by atoms with van der Waals surface area (Å²) in [6, 6.07) is 5.16. The largest absolute Gasteiger partial charge is 0.490 e. The first-order chi connectivity index (χ1) is 8.64. The minimum atomic E-state index is -0.615. The number of cyclic esters (lactones) is 1. The highest BCUT2D eigenvalue weighted by Crippen LogP contribution is 2.39. The lowest BCUT2D eigenvalue weighted by molar-refractivity contribution is 0.167. The number of nitrogens with two attached hydrogens (primary N) is 1. The summed E-state index contributed by atoms with van der Waals surface area (Å²) < 4.78 is 10.5. The zero-order chi connectivity index (χ0) is 12.8. The topological polar surface area (TPSA) is 106 Å². The number of carbonyl (C=O) groups is 1. The summed E-state index contributed by atoms with van der Waals surface area (Å²) in [5.41, 5.74) is 6.28. The summed E-state index contributed by atoms with van der Waals surface area (Å²) in [7, 11) is 0. The molecule has 7 heteroatoms. The van der Waals surface area contributed by atoms with Gasteiger partial charge in [0, 0.05) is 11.1 Å². The van der Waals surface area contributed by atoms with Crippen molar-refractivity contribution in [2.45, 2.75) is 5.54 Å². The number of benzene rings is 1. The predicted octanol–water partition coefficient (Wildman–Crippen LogP) is 0.109. The molecule has 7 nitrogen and oxygen atoms in total. The Kier molecular flexibility index (Phi) is 2.09. The first kappa shape index (κ1) is 10.7. The fourth-order valence-corrected chi connectivity index (χ4v) is 2.21. The van der Waals surface area contributed by atoms with Crippen molar-refractivity contribution in [1.82, 2.24) is 5.32 Å². The maximum absolute atomic E-state index is 11.2. The summed E-state index contributed by atoms with van der Waals surface area (Å²) >= 11 is 0. The number of alkyl carbamates (subject to hydrolysis) is 1. The third kappa shape index (κ3) is 1.37. The van der Waals surface area contributed by atoms with Gasteiger partial charge in [-0.2, -0.15) is 0 Å². The quantitative estimate of drug-likeness (QED) is 0.283. The van der Waals surface area contributed by atoms with Gasteiger partial charge in [0.25, 0.3) is 0 Å². The first-order valence-electron chi connectivity index (χ1n) is 5.35. The Morgan fingerprint density at radius 3 is 2.89 bits per heavy atom. The molecule has 4 N–H and O–H groups in total. The molecule has 2 heterocycles. The molecule has 0 saturated carbocycles. The van der Waals surface area contributed by atoms with Gasteiger partial charge in [-0.3, -0.25) is 0 Å². The molecule has 2 aliphatic rings. The smallest absolute Gasteiger partial charge is 0.408 e. The van der Waals surface area contributed by atoms with Crippen molar-refractivity contribution in [2.75, 3.05) is 13.2 Å². The number of rotatable bonds is 1. The Labute approximate surface area is 102 Å². The van der Waals surface area contributed by atoms with Crippen LogP contribution in [0.2, 0.25) is 0 Å². The van der Waals surface area contributed by atoms with Gasteiger partial charge in [-0.25, -0.2) is 4.79 Å². The number of nitrogens with zero attached hydrogens (tertiary/aromatic N) is 1. The fraction of sp³-hybridized carbons (Fsp3) is 0.273. The lowest BCUT2D eigenvalue weighted by Crippen LogP contribution is -2.41. The Hall–Kier alpha value is -2.44. The summed E-state index contributed by atoms with van der Waals surface area (Å²) in [5, 5.41) is 14.3. The number of ether oxygens (including phenoxy) is 2. The zero-order valence-corrected chi connectivity index (χ0v) is 9.34. The average molecular weight is 249 g/mol. The molecule has 1 unspecified atom stereocenters. The van der Waals surface area contributed by atoms with Crippen LogP contribution in [0.4, 0.5) is 4.79 Å². The van der Waals surface area contributed by atoms with E-state index in [1.165, 1.54) is 0 Å². The molecule has 1 saturated heterocycles. The second-order valence-corrected chi connectivity index (χ2v) is 4.27. The van der Waals surface area contributed by atoms with Crippen molar-refractivity contribution >= 4 is 11.9 Å². The van der Waals surface area contributed by atoms with E-state index < -0.39 is 11.6 Å². The zero-order valence-electron chi connectivity index (χ0n) is 9.34. The standard InChI is InChI=1S/C11H11N3O4/c12-9(14-16)6-1-2-7-8(3-6)17-4-11(7)5-18-10(15)13-11/h1-3,16H,4-5H2,(H2,12,14)(H,13,15). The first-order valence-corrected chi connectivity index (χ1v) is 5.35. The Balaban J connectivity index is 2.02. The van der Waals surface area contributed by atoms with Crippen molar-refractivity contribution in [2.24, 2.45) is 10.9 Å². The molecule has 0 aliphatic carbocycles. The molecule has 0 radical (unpaired) electrons. The fourth-order valence-electron chi connectivity index (χ4n) is 2.21. The van der Waals surface area contributed by atoms with E-state index >= 15 is 0 Å². The molecule has 1 atom stereocenters. The van der Waals surface area contributed by atoms with Crippen LogP contribution < -0.4 is 15.8 Å². The van der Waals surface area contributed by atoms with Gasteiger partial charge in [0.1, 0.15) is 24.5 Å². The minimum Gasteiger partial charge on any atom is -0.490 e. The van der Waals surface area contributed by atoms with Gasteiger partial charge in [0.15, 0.2) is 5.84 Å². The molecule has 1 aromatic rings. The molecule has 0 bridgehead atoms. The van der Waals surface area contributed by atoms with Crippen LogP contribution in [0.5, 0.6) is 5.75 Å². The molecule has 3 rings (SSSR count). The Bertz CT molecular complexity index is 557. The van der Waals surface area contributed by atoms with E-state index in [9.17, 15) is 4.79 Å². The highest BCUT2D eigenvalue weighted by molar-refractivity contribution is 5.97. The molecular weight excluding hydrogens is 238 g/mol. The summed E-state index contributed by atoms with van der Waals surface area (Å²) in [5.74, 6) is 0.610. The summed E-state index contributed by atoms with van der Waals surface area (Å²) in [4.78, 5) is 11.2. The number of hydrogen-bond acceptors (Lipinski definition) is 5. The molecular formula is C11H11N3O4. The summed E-state index contributed by atoms with van der Waals surface area (Å²) in [6.07, 6.45) is -0.452. The number of oxime groups is 1. The van der Waals surface area contributed by atoms with Crippen LogP contribution in [0.25, 0.3) is 0 Å².